The van der Waals surface area contributed by atoms with Crippen LogP contribution in [0, 0.1) is 0 Å². The quantitative estimate of drug-likeness (QED) is 0.398. The van der Waals surface area contributed by atoms with Crippen molar-refractivity contribution in [3.8, 4) is 0 Å². The van der Waals surface area contributed by atoms with Crippen LogP contribution < -0.4 is 0 Å². The average Bonchev–Trinajstić information content (AvgIpc) is 2.03. The van der Waals surface area contributed by atoms with Crippen LogP contribution >= 0.6 is 16.5 Å². The predicted molar refractivity (Wildman–Crippen MR) is 60.8 cm³/mol. The molecule has 0 spiro atoms. The highest BCUT2D eigenvalue weighted by Crippen LogP contribution is 2.33. The Bertz CT molecular complexity index is 56.6. The van der Waals surface area contributed by atoms with Crippen LogP contribution in [-0.2, 0) is 0 Å². The molecule has 0 aliphatic carbocycles. The van der Waals surface area contributed by atoms with Crippen LogP contribution in [0.1, 0.15) is 45.4 Å². The van der Waals surface area contributed by atoms with E-state index in [4.69, 9.17) is 0 Å². The summed E-state index contributed by atoms with van der Waals surface area (Å²) in [6.07, 6.45) is 10.2. The first-order chi connectivity index (χ1) is 5.41. The van der Waals surface area contributed by atoms with E-state index in [1.54, 1.807) is 0 Å². The van der Waals surface area contributed by atoms with Gasteiger partial charge in [-0.3, -0.25) is 0 Å². The van der Waals surface area contributed by atoms with Crippen molar-refractivity contribution in [1.29, 1.82) is 0 Å². The zero-order valence-corrected chi connectivity index (χ0v) is 9.95. The summed E-state index contributed by atoms with van der Waals surface area (Å²) in [4.78, 5) is 0. The summed E-state index contributed by atoms with van der Waals surface area (Å²) in [5.74, 6) is 0. The molecule has 0 aromatic heterocycles. The van der Waals surface area contributed by atoms with Crippen molar-refractivity contribution in [3.05, 3.63) is 0 Å². The summed E-state index contributed by atoms with van der Waals surface area (Å²) >= 11 is 0. The van der Waals surface area contributed by atoms with E-state index in [1.165, 1.54) is 61.2 Å². The van der Waals surface area contributed by atoms with Gasteiger partial charge in [0.15, 0.2) is 0 Å². The van der Waals surface area contributed by atoms with Gasteiger partial charge in [0.2, 0.25) is 0 Å². The molecule has 0 nitrogen and oxygen atoms in total. The molecule has 0 aliphatic rings. The van der Waals surface area contributed by atoms with E-state index < -0.39 is 0 Å². The summed E-state index contributed by atoms with van der Waals surface area (Å²) in [7, 11) is 2.45. The largest absolute Gasteiger partial charge is 0.102 e. The molecule has 0 heterocycles. The first-order valence-electron chi connectivity index (χ1n) is 4.81. The zero-order valence-electron chi connectivity index (χ0n) is 7.95. The molecule has 0 aromatic rings. The van der Waals surface area contributed by atoms with Crippen LogP contribution in [-0.4, -0.2) is 12.8 Å². The van der Waals surface area contributed by atoms with Crippen molar-refractivity contribution < 1.29 is 0 Å². The first kappa shape index (κ1) is 11.9. The fourth-order valence-electron chi connectivity index (χ4n) is 1.12. The lowest BCUT2D eigenvalue weighted by molar-refractivity contribution is 0.627. The molecule has 0 rings (SSSR count). The number of hydrogen-bond donors (Lipinski definition) is 0. The Morgan fingerprint density at radius 1 is 0.909 bits per heavy atom. The highest BCUT2D eigenvalue weighted by molar-refractivity contribution is 8.11. The van der Waals surface area contributed by atoms with Crippen LogP contribution in [0.25, 0.3) is 0 Å². The molecule has 0 N–H and O–H groups in total. The molecule has 0 radical (unpaired) electrons. The topological polar surface area (TPSA) is 0 Å². The highest BCUT2D eigenvalue weighted by Gasteiger charge is 1.88. The maximum absolute atomic E-state index is 2.32. The van der Waals surface area contributed by atoms with Gasteiger partial charge in [-0.15, -0.1) is 8.27 Å². The summed E-state index contributed by atoms with van der Waals surface area (Å²) in [6.45, 7) is 4.59. The SMILES string of the molecule is CCCCCCCCPPC. The molecule has 0 amide bonds. The minimum absolute atomic E-state index is 1.20. The Morgan fingerprint density at radius 2 is 1.55 bits per heavy atom. The van der Waals surface area contributed by atoms with Gasteiger partial charge >= 0.3 is 0 Å². The molecule has 0 fully saturated rings. The van der Waals surface area contributed by atoms with Gasteiger partial charge in [0, 0.05) is 0 Å². The third-order valence-electron chi connectivity index (χ3n) is 1.83. The molecule has 11 heavy (non-hydrogen) atoms. The number of hydrogen-bond acceptors (Lipinski definition) is 0. The lowest BCUT2D eigenvalue weighted by atomic mass is 10.1. The van der Waals surface area contributed by atoms with Gasteiger partial charge in [-0.05, 0) is 19.2 Å². The van der Waals surface area contributed by atoms with Crippen molar-refractivity contribution in [2.75, 3.05) is 12.8 Å². The maximum Gasteiger partial charge on any atom is -0.0317 e. The fraction of sp³-hybridized carbons (Fsp3) is 1.00. The van der Waals surface area contributed by atoms with Crippen molar-refractivity contribution >= 4 is 16.5 Å². The van der Waals surface area contributed by atoms with Gasteiger partial charge in [0.25, 0.3) is 0 Å². The van der Waals surface area contributed by atoms with Crippen molar-refractivity contribution in [1.82, 2.24) is 0 Å². The molecule has 2 heteroatoms. The van der Waals surface area contributed by atoms with E-state index >= 15 is 0 Å². The van der Waals surface area contributed by atoms with Gasteiger partial charge in [0.1, 0.15) is 0 Å². The Kier molecular flexibility index (Phi) is 11.7. The predicted octanol–water partition coefficient (Wildman–Crippen LogP) is 4.25. The van der Waals surface area contributed by atoms with Crippen molar-refractivity contribution in [2.24, 2.45) is 0 Å². The van der Waals surface area contributed by atoms with E-state index in [0.29, 0.717) is 0 Å². The van der Waals surface area contributed by atoms with Gasteiger partial charge in [-0.2, -0.15) is 0 Å². The minimum atomic E-state index is 1.20. The van der Waals surface area contributed by atoms with E-state index in [-0.39, 0.29) is 0 Å². The molecular weight excluding hydrogens is 170 g/mol. The molecule has 0 aromatic carbocycles. The standard InChI is InChI=1S/C9H22P2/c1-3-4-5-6-7-8-9-11-10-2/h10-11H,3-9H2,1-2H3. The molecule has 2 atom stereocenters. The second kappa shape index (κ2) is 10.9. The Balaban J connectivity index is 2.69. The Labute approximate surface area is 75.4 Å². The fourth-order valence-corrected chi connectivity index (χ4v) is 3.08. The van der Waals surface area contributed by atoms with Crippen molar-refractivity contribution in [2.45, 2.75) is 45.4 Å². The van der Waals surface area contributed by atoms with Crippen LogP contribution in [0.15, 0.2) is 0 Å². The number of rotatable bonds is 8. The summed E-state index contributed by atoms with van der Waals surface area (Å²) in [6, 6.07) is 0. The van der Waals surface area contributed by atoms with Crippen LogP contribution in [0.3, 0.4) is 0 Å². The molecule has 68 valence electrons. The average molecular weight is 192 g/mol. The molecule has 0 bridgehead atoms. The molecule has 2 unspecified atom stereocenters. The van der Waals surface area contributed by atoms with Crippen molar-refractivity contribution in [3.63, 3.8) is 0 Å². The van der Waals surface area contributed by atoms with Gasteiger partial charge < -0.3 is 0 Å². The van der Waals surface area contributed by atoms with Gasteiger partial charge in [-0.1, -0.05) is 47.3 Å². The van der Waals surface area contributed by atoms with Crippen LogP contribution in [0.2, 0.25) is 0 Å². The molecule has 0 saturated heterocycles. The summed E-state index contributed by atoms with van der Waals surface area (Å²) in [5.41, 5.74) is 0. The van der Waals surface area contributed by atoms with Crippen LogP contribution in [0.5, 0.6) is 0 Å². The molecule has 0 aliphatic heterocycles. The lowest BCUT2D eigenvalue weighted by Crippen LogP contribution is -1.79. The second-order valence-electron chi connectivity index (χ2n) is 2.94. The normalized spacial score (nSPS) is 12.5. The minimum Gasteiger partial charge on any atom is -0.102 e. The maximum atomic E-state index is 2.32. The highest BCUT2D eigenvalue weighted by atomic mass is 32.0. The van der Waals surface area contributed by atoms with E-state index in [1.807, 2.05) is 0 Å². The lowest BCUT2D eigenvalue weighted by Gasteiger charge is -1.99. The summed E-state index contributed by atoms with van der Waals surface area (Å²) in [5, 5.41) is 0. The second-order valence-corrected chi connectivity index (χ2v) is 6.86. The van der Waals surface area contributed by atoms with Gasteiger partial charge in [-0.25, -0.2) is 0 Å². The van der Waals surface area contributed by atoms with E-state index in [9.17, 15) is 0 Å². The van der Waals surface area contributed by atoms with E-state index in [2.05, 4.69) is 13.6 Å². The third-order valence-corrected chi connectivity index (χ3v) is 4.60. The molecular formula is C9H22P2. The Morgan fingerprint density at radius 3 is 2.18 bits per heavy atom. The van der Waals surface area contributed by atoms with E-state index in [0.717, 1.165) is 0 Å². The Hall–Kier alpha value is 0.860. The first-order valence-corrected chi connectivity index (χ1v) is 8.52. The monoisotopic (exact) mass is 192 g/mol. The number of unbranched alkanes of at least 4 members (excludes halogenated alkanes) is 5. The summed E-state index contributed by atoms with van der Waals surface area (Å²) < 4.78 is 0. The zero-order chi connectivity index (χ0) is 8.36. The van der Waals surface area contributed by atoms with Gasteiger partial charge in [0.05, 0.1) is 0 Å². The van der Waals surface area contributed by atoms with Crippen LogP contribution in [0.4, 0.5) is 0 Å². The molecule has 0 saturated carbocycles. The third kappa shape index (κ3) is 10.9. The smallest absolute Gasteiger partial charge is 0.0317 e.